The van der Waals surface area contributed by atoms with Gasteiger partial charge in [0.2, 0.25) is 5.91 Å². The molecule has 25 heavy (non-hydrogen) atoms. The molecule has 0 radical (unpaired) electrons. The van der Waals surface area contributed by atoms with Gasteiger partial charge in [-0.3, -0.25) is 4.79 Å². The first-order valence-electron chi connectivity index (χ1n) is 8.35. The van der Waals surface area contributed by atoms with Gasteiger partial charge in [0.05, 0.1) is 6.04 Å². The van der Waals surface area contributed by atoms with Crippen molar-refractivity contribution < 1.29 is 9.53 Å². The van der Waals surface area contributed by atoms with Crippen LogP contribution in [0.15, 0.2) is 54.6 Å². The zero-order valence-electron chi connectivity index (χ0n) is 14.8. The monoisotopic (exact) mass is 362 g/mol. The second-order valence-electron chi connectivity index (χ2n) is 6.23. The second kappa shape index (κ2) is 10.7. The summed E-state index contributed by atoms with van der Waals surface area (Å²) in [6.07, 6.45) is 0.773. The zero-order valence-corrected chi connectivity index (χ0v) is 15.6. The van der Waals surface area contributed by atoms with Gasteiger partial charge < -0.3 is 15.8 Å². The summed E-state index contributed by atoms with van der Waals surface area (Å²) in [6, 6.07) is 17.6. The number of hydrogen-bond acceptors (Lipinski definition) is 3. The third-order valence-electron chi connectivity index (χ3n) is 3.91. The van der Waals surface area contributed by atoms with Gasteiger partial charge in [0, 0.05) is 6.54 Å². The molecule has 2 aromatic carbocycles. The Balaban J connectivity index is 0.00000312. The van der Waals surface area contributed by atoms with Crippen LogP contribution in [0.1, 0.15) is 25.0 Å². The lowest BCUT2D eigenvalue weighted by Gasteiger charge is -2.15. The van der Waals surface area contributed by atoms with E-state index in [1.807, 2.05) is 68.4 Å². The van der Waals surface area contributed by atoms with E-state index < -0.39 is 6.04 Å². The summed E-state index contributed by atoms with van der Waals surface area (Å²) >= 11 is 0. The Hall–Kier alpha value is -2.04. The van der Waals surface area contributed by atoms with Crippen molar-refractivity contribution in [1.29, 1.82) is 0 Å². The van der Waals surface area contributed by atoms with Crippen molar-refractivity contribution >= 4 is 18.3 Å². The molecule has 0 saturated heterocycles. The van der Waals surface area contributed by atoms with Gasteiger partial charge in [0.25, 0.3) is 0 Å². The van der Waals surface area contributed by atoms with E-state index in [4.69, 9.17) is 10.5 Å². The minimum Gasteiger partial charge on any atom is -0.489 e. The fraction of sp³-hybridized carbons (Fsp3) is 0.350. The van der Waals surface area contributed by atoms with Crippen LogP contribution < -0.4 is 15.8 Å². The maximum atomic E-state index is 11.8. The van der Waals surface area contributed by atoms with Gasteiger partial charge in [0.15, 0.2) is 0 Å². The molecule has 3 N–H and O–H groups in total. The normalized spacial score (nSPS) is 11.5. The number of hydrogen-bond donors (Lipinski definition) is 2. The standard InChI is InChI=1S/C20H26N2O2.ClH/c1-15(2)19(21)20(23)22-13-12-16-8-10-18(11-9-16)24-14-17-6-4-3-5-7-17;/h3-11,15,19H,12-14,21H2,1-2H3,(H,22,23);1H/t19-;/m1./s1. The quantitative estimate of drug-likeness (QED) is 0.757. The SMILES string of the molecule is CC(C)[C@@H](N)C(=O)NCCc1ccc(OCc2ccccc2)cc1.Cl. The molecule has 0 saturated carbocycles. The van der Waals surface area contributed by atoms with Gasteiger partial charge in [-0.15, -0.1) is 12.4 Å². The molecule has 2 aromatic rings. The smallest absolute Gasteiger partial charge is 0.237 e. The van der Waals surface area contributed by atoms with Crippen LogP contribution >= 0.6 is 12.4 Å². The van der Waals surface area contributed by atoms with Crippen LogP contribution in [-0.4, -0.2) is 18.5 Å². The molecule has 0 aromatic heterocycles. The molecule has 0 aliphatic carbocycles. The predicted molar refractivity (Wildman–Crippen MR) is 104 cm³/mol. The Labute approximate surface area is 156 Å². The van der Waals surface area contributed by atoms with Crippen LogP contribution in [0, 0.1) is 5.92 Å². The minimum absolute atomic E-state index is 0. The lowest BCUT2D eigenvalue weighted by molar-refractivity contribution is -0.123. The topological polar surface area (TPSA) is 64.4 Å². The average Bonchev–Trinajstić information content (AvgIpc) is 2.61. The van der Waals surface area contributed by atoms with Crippen molar-refractivity contribution in [2.75, 3.05) is 6.54 Å². The highest BCUT2D eigenvalue weighted by Crippen LogP contribution is 2.14. The van der Waals surface area contributed by atoms with Crippen LogP contribution in [-0.2, 0) is 17.8 Å². The van der Waals surface area contributed by atoms with Gasteiger partial charge in [-0.05, 0) is 35.6 Å². The molecule has 5 heteroatoms. The molecule has 1 atom stereocenters. The van der Waals surface area contributed by atoms with Crippen LogP contribution in [0.5, 0.6) is 5.75 Å². The molecule has 0 aliphatic heterocycles. The molecule has 1 amide bonds. The van der Waals surface area contributed by atoms with E-state index >= 15 is 0 Å². The molecule has 4 nitrogen and oxygen atoms in total. The van der Waals surface area contributed by atoms with Crippen LogP contribution in [0.25, 0.3) is 0 Å². The maximum absolute atomic E-state index is 11.8. The predicted octanol–water partition coefficient (Wildman–Crippen LogP) is 3.33. The van der Waals surface area contributed by atoms with Crippen molar-refractivity contribution in [2.24, 2.45) is 11.7 Å². The Bertz CT molecular complexity index is 630. The zero-order chi connectivity index (χ0) is 17.4. The van der Waals surface area contributed by atoms with Crippen molar-refractivity contribution in [3.8, 4) is 5.75 Å². The minimum atomic E-state index is -0.446. The van der Waals surface area contributed by atoms with Crippen molar-refractivity contribution in [3.05, 3.63) is 65.7 Å². The fourth-order valence-corrected chi connectivity index (χ4v) is 2.24. The fourth-order valence-electron chi connectivity index (χ4n) is 2.24. The van der Waals surface area contributed by atoms with E-state index in [-0.39, 0.29) is 24.2 Å². The average molecular weight is 363 g/mol. The number of rotatable bonds is 8. The third-order valence-corrected chi connectivity index (χ3v) is 3.91. The van der Waals surface area contributed by atoms with E-state index in [2.05, 4.69) is 5.32 Å². The molecule has 0 bridgehead atoms. The van der Waals surface area contributed by atoms with Crippen molar-refractivity contribution in [3.63, 3.8) is 0 Å². The first-order valence-corrected chi connectivity index (χ1v) is 8.35. The first kappa shape index (κ1) is 21.0. The lowest BCUT2D eigenvalue weighted by atomic mass is 10.0. The molecule has 0 unspecified atom stereocenters. The van der Waals surface area contributed by atoms with Gasteiger partial charge in [0.1, 0.15) is 12.4 Å². The molecule has 0 spiro atoms. The van der Waals surface area contributed by atoms with Gasteiger partial charge in [-0.1, -0.05) is 56.3 Å². The third kappa shape index (κ3) is 7.16. The Kier molecular flexibility index (Phi) is 9.03. The molecular formula is C20H27ClN2O2. The summed E-state index contributed by atoms with van der Waals surface area (Å²) in [6.45, 7) is 5.03. The maximum Gasteiger partial charge on any atom is 0.237 e. The van der Waals surface area contributed by atoms with Gasteiger partial charge >= 0.3 is 0 Å². The Morgan fingerprint density at radius 2 is 1.68 bits per heavy atom. The number of carbonyl (C=O) groups is 1. The molecule has 136 valence electrons. The van der Waals surface area contributed by atoms with Crippen molar-refractivity contribution in [1.82, 2.24) is 5.32 Å². The second-order valence-corrected chi connectivity index (χ2v) is 6.23. The van der Waals surface area contributed by atoms with Gasteiger partial charge in [-0.25, -0.2) is 0 Å². The molecular weight excluding hydrogens is 336 g/mol. The lowest BCUT2D eigenvalue weighted by Crippen LogP contribution is -2.44. The van der Waals surface area contributed by atoms with Gasteiger partial charge in [-0.2, -0.15) is 0 Å². The Morgan fingerprint density at radius 1 is 1.04 bits per heavy atom. The van der Waals surface area contributed by atoms with Crippen molar-refractivity contribution in [2.45, 2.75) is 32.9 Å². The van der Waals surface area contributed by atoms with E-state index in [0.717, 1.165) is 23.3 Å². The first-order chi connectivity index (χ1) is 11.6. The van der Waals surface area contributed by atoms with Crippen LogP contribution in [0.3, 0.4) is 0 Å². The van der Waals surface area contributed by atoms with Crippen LogP contribution in [0.2, 0.25) is 0 Å². The van der Waals surface area contributed by atoms with E-state index in [9.17, 15) is 4.79 Å². The number of nitrogens with one attached hydrogen (secondary N) is 1. The number of carbonyl (C=O) groups excluding carboxylic acids is 1. The summed E-state index contributed by atoms with van der Waals surface area (Å²) in [5.41, 5.74) is 8.11. The summed E-state index contributed by atoms with van der Waals surface area (Å²) in [5, 5.41) is 2.88. The molecule has 0 fully saturated rings. The molecule has 0 heterocycles. The largest absolute Gasteiger partial charge is 0.489 e. The number of nitrogens with two attached hydrogens (primary N) is 1. The number of halogens is 1. The number of amides is 1. The summed E-state index contributed by atoms with van der Waals surface area (Å²) in [7, 11) is 0. The van der Waals surface area contributed by atoms with E-state index in [0.29, 0.717) is 13.2 Å². The molecule has 0 aliphatic rings. The van der Waals surface area contributed by atoms with E-state index in [1.165, 1.54) is 0 Å². The molecule has 2 rings (SSSR count). The Morgan fingerprint density at radius 3 is 2.28 bits per heavy atom. The number of ether oxygens (including phenoxy) is 1. The summed E-state index contributed by atoms with van der Waals surface area (Å²) in [4.78, 5) is 11.8. The highest BCUT2D eigenvalue weighted by atomic mass is 35.5. The summed E-state index contributed by atoms with van der Waals surface area (Å²) < 4.78 is 5.76. The number of benzene rings is 2. The van der Waals surface area contributed by atoms with E-state index in [1.54, 1.807) is 0 Å². The van der Waals surface area contributed by atoms with Crippen LogP contribution in [0.4, 0.5) is 0 Å². The highest BCUT2D eigenvalue weighted by Gasteiger charge is 2.16. The highest BCUT2D eigenvalue weighted by molar-refractivity contribution is 5.85. The summed E-state index contributed by atoms with van der Waals surface area (Å²) in [5.74, 6) is 0.896.